The van der Waals surface area contributed by atoms with E-state index >= 15 is 0 Å². The Kier molecular flexibility index (Phi) is 2.45. The first-order chi connectivity index (χ1) is 7.84. The van der Waals surface area contributed by atoms with Gasteiger partial charge in [0.05, 0.1) is 0 Å². The fourth-order valence-corrected chi connectivity index (χ4v) is 2.72. The molecule has 1 aliphatic rings. The molecule has 80 valence electrons. The highest BCUT2D eigenvalue weighted by Gasteiger charge is 2.22. The highest BCUT2D eigenvalue weighted by Crippen LogP contribution is 2.37. The van der Waals surface area contributed by atoms with Crippen molar-refractivity contribution in [3.63, 3.8) is 0 Å². The van der Waals surface area contributed by atoms with Crippen LogP contribution in [-0.4, -0.2) is 0 Å². The van der Waals surface area contributed by atoms with E-state index in [1.807, 2.05) is 12.1 Å². The fourth-order valence-electron chi connectivity index (χ4n) is 2.60. The summed E-state index contributed by atoms with van der Waals surface area (Å²) >= 11 is 5.92. The molecule has 0 saturated heterocycles. The van der Waals surface area contributed by atoms with Gasteiger partial charge in [-0.25, -0.2) is 0 Å². The number of aryl methyl sites for hydroxylation is 1. The van der Waals surface area contributed by atoms with Gasteiger partial charge in [0, 0.05) is 10.9 Å². The van der Waals surface area contributed by atoms with Gasteiger partial charge in [-0.3, -0.25) is 0 Å². The van der Waals surface area contributed by atoms with Gasteiger partial charge in [-0.2, -0.15) is 0 Å². The maximum atomic E-state index is 5.92. The van der Waals surface area contributed by atoms with E-state index in [0.717, 1.165) is 5.02 Å². The van der Waals surface area contributed by atoms with E-state index in [-0.39, 0.29) is 0 Å². The molecule has 2 aromatic carbocycles. The van der Waals surface area contributed by atoms with Crippen LogP contribution in [0.15, 0.2) is 48.5 Å². The smallest absolute Gasteiger partial charge is 0.0406 e. The van der Waals surface area contributed by atoms with Crippen molar-refractivity contribution in [1.82, 2.24) is 0 Å². The minimum Gasteiger partial charge on any atom is -0.0843 e. The van der Waals surface area contributed by atoms with Crippen molar-refractivity contribution in [2.75, 3.05) is 0 Å². The molecular formula is C15H13Cl. The van der Waals surface area contributed by atoms with Crippen LogP contribution in [0, 0.1) is 0 Å². The van der Waals surface area contributed by atoms with Crippen LogP contribution in [0.1, 0.15) is 29.0 Å². The standard InChI is InChI=1S/C15H13Cl/c16-13-8-5-12(6-9-13)15-10-7-11-3-1-2-4-14(11)15/h1-6,8-9,15H,7,10H2. The Morgan fingerprint density at radius 2 is 1.69 bits per heavy atom. The van der Waals surface area contributed by atoms with E-state index in [2.05, 4.69) is 36.4 Å². The molecule has 0 amide bonds. The predicted octanol–water partition coefficient (Wildman–Crippen LogP) is 4.42. The first kappa shape index (κ1) is 9.92. The van der Waals surface area contributed by atoms with E-state index in [1.54, 1.807) is 0 Å². The summed E-state index contributed by atoms with van der Waals surface area (Å²) in [4.78, 5) is 0. The Balaban J connectivity index is 2.01. The Hall–Kier alpha value is -1.27. The molecule has 0 nitrogen and oxygen atoms in total. The molecule has 0 spiro atoms. The Bertz CT molecular complexity index is 499. The molecule has 2 aromatic rings. The molecule has 0 bridgehead atoms. The monoisotopic (exact) mass is 228 g/mol. The zero-order chi connectivity index (χ0) is 11.0. The topological polar surface area (TPSA) is 0 Å². The maximum Gasteiger partial charge on any atom is 0.0406 e. The summed E-state index contributed by atoms with van der Waals surface area (Å²) in [6.45, 7) is 0. The number of rotatable bonds is 1. The van der Waals surface area contributed by atoms with Gasteiger partial charge < -0.3 is 0 Å². The molecule has 1 unspecified atom stereocenters. The molecule has 0 aromatic heterocycles. The van der Waals surface area contributed by atoms with Gasteiger partial charge in [-0.1, -0.05) is 48.0 Å². The summed E-state index contributed by atoms with van der Waals surface area (Å²) in [6, 6.07) is 17.0. The fraction of sp³-hybridized carbons (Fsp3) is 0.200. The zero-order valence-corrected chi connectivity index (χ0v) is 9.74. The lowest BCUT2D eigenvalue weighted by atomic mass is 9.93. The van der Waals surface area contributed by atoms with Gasteiger partial charge in [0.25, 0.3) is 0 Å². The van der Waals surface area contributed by atoms with Crippen LogP contribution in [0.2, 0.25) is 5.02 Å². The molecule has 0 heterocycles. The number of hydrogen-bond acceptors (Lipinski definition) is 0. The zero-order valence-electron chi connectivity index (χ0n) is 8.99. The molecule has 0 N–H and O–H groups in total. The Labute approximate surface area is 101 Å². The summed E-state index contributed by atoms with van der Waals surface area (Å²) in [5, 5.41) is 0.815. The summed E-state index contributed by atoms with van der Waals surface area (Å²) in [5.74, 6) is 0.563. The van der Waals surface area contributed by atoms with Crippen molar-refractivity contribution < 1.29 is 0 Å². The molecule has 0 saturated carbocycles. The SMILES string of the molecule is Clc1ccc(C2CCc3ccccc32)cc1. The summed E-state index contributed by atoms with van der Waals surface area (Å²) in [7, 11) is 0. The average molecular weight is 229 g/mol. The van der Waals surface area contributed by atoms with Gasteiger partial charge in [-0.15, -0.1) is 0 Å². The van der Waals surface area contributed by atoms with Crippen molar-refractivity contribution >= 4 is 11.6 Å². The van der Waals surface area contributed by atoms with Gasteiger partial charge in [0.2, 0.25) is 0 Å². The number of hydrogen-bond donors (Lipinski definition) is 0. The predicted molar refractivity (Wildman–Crippen MR) is 68.1 cm³/mol. The minimum atomic E-state index is 0.563. The van der Waals surface area contributed by atoms with Crippen LogP contribution < -0.4 is 0 Å². The van der Waals surface area contributed by atoms with E-state index in [4.69, 9.17) is 11.6 Å². The normalized spacial score (nSPS) is 18.4. The molecule has 16 heavy (non-hydrogen) atoms. The van der Waals surface area contributed by atoms with Crippen LogP contribution in [0.5, 0.6) is 0 Å². The molecule has 0 radical (unpaired) electrons. The van der Waals surface area contributed by atoms with Crippen LogP contribution in [0.25, 0.3) is 0 Å². The molecule has 3 rings (SSSR count). The van der Waals surface area contributed by atoms with Gasteiger partial charge in [0.15, 0.2) is 0 Å². The molecule has 1 heteroatoms. The quantitative estimate of drug-likeness (QED) is 0.678. The van der Waals surface area contributed by atoms with Crippen LogP contribution >= 0.6 is 11.6 Å². The summed E-state index contributed by atoms with van der Waals surface area (Å²) in [5.41, 5.74) is 4.38. The first-order valence-corrected chi connectivity index (χ1v) is 6.05. The van der Waals surface area contributed by atoms with Crippen molar-refractivity contribution in [3.8, 4) is 0 Å². The van der Waals surface area contributed by atoms with Crippen molar-refractivity contribution in [2.45, 2.75) is 18.8 Å². The lowest BCUT2D eigenvalue weighted by Crippen LogP contribution is -1.95. The van der Waals surface area contributed by atoms with Crippen LogP contribution in [0.3, 0.4) is 0 Å². The van der Waals surface area contributed by atoms with E-state index in [9.17, 15) is 0 Å². The van der Waals surface area contributed by atoms with E-state index in [0.29, 0.717) is 5.92 Å². The van der Waals surface area contributed by atoms with Crippen molar-refractivity contribution in [1.29, 1.82) is 0 Å². The van der Waals surface area contributed by atoms with Gasteiger partial charge in [-0.05, 0) is 41.7 Å². The van der Waals surface area contributed by atoms with Crippen LogP contribution in [0.4, 0.5) is 0 Å². The number of benzene rings is 2. The Morgan fingerprint density at radius 3 is 2.50 bits per heavy atom. The van der Waals surface area contributed by atoms with E-state index in [1.165, 1.54) is 29.5 Å². The second-order valence-corrected chi connectivity index (χ2v) is 4.78. The second kappa shape index (κ2) is 3.95. The maximum absolute atomic E-state index is 5.92. The van der Waals surface area contributed by atoms with Gasteiger partial charge >= 0.3 is 0 Å². The highest BCUT2D eigenvalue weighted by molar-refractivity contribution is 6.30. The molecular weight excluding hydrogens is 216 g/mol. The second-order valence-electron chi connectivity index (χ2n) is 4.34. The lowest BCUT2D eigenvalue weighted by Gasteiger charge is -2.11. The average Bonchev–Trinajstić information content (AvgIpc) is 2.74. The minimum absolute atomic E-state index is 0.563. The number of fused-ring (bicyclic) bond motifs is 1. The summed E-state index contributed by atoms with van der Waals surface area (Å²) < 4.78 is 0. The third kappa shape index (κ3) is 1.64. The van der Waals surface area contributed by atoms with Crippen molar-refractivity contribution in [3.05, 3.63) is 70.2 Å². The molecule has 1 aliphatic carbocycles. The van der Waals surface area contributed by atoms with Gasteiger partial charge in [0.1, 0.15) is 0 Å². The van der Waals surface area contributed by atoms with E-state index < -0.39 is 0 Å². The number of halogens is 1. The Morgan fingerprint density at radius 1 is 0.938 bits per heavy atom. The molecule has 1 atom stereocenters. The first-order valence-electron chi connectivity index (χ1n) is 5.68. The summed E-state index contributed by atoms with van der Waals surface area (Å²) in [6.07, 6.45) is 2.42. The van der Waals surface area contributed by atoms with Crippen molar-refractivity contribution in [2.24, 2.45) is 0 Å². The molecule has 0 fully saturated rings. The largest absolute Gasteiger partial charge is 0.0843 e. The highest BCUT2D eigenvalue weighted by atomic mass is 35.5. The molecule has 0 aliphatic heterocycles. The third-order valence-corrected chi connectivity index (χ3v) is 3.66. The lowest BCUT2D eigenvalue weighted by molar-refractivity contribution is 0.788. The van der Waals surface area contributed by atoms with Crippen LogP contribution in [-0.2, 0) is 6.42 Å². The third-order valence-electron chi connectivity index (χ3n) is 3.41.